The van der Waals surface area contributed by atoms with Gasteiger partial charge < -0.3 is 10.4 Å². The van der Waals surface area contributed by atoms with Crippen molar-refractivity contribution in [1.82, 2.24) is 10.2 Å². The third kappa shape index (κ3) is 4.64. The van der Waals surface area contributed by atoms with Crippen LogP contribution in [0.1, 0.15) is 33.6 Å². The van der Waals surface area contributed by atoms with Crippen molar-refractivity contribution >= 4 is 0 Å². The molecule has 1 fully saturated rings. The van der Waals surface area contributed by atoms with Crippen LogP contribution in [0.3, 0.4) is 0 Å². The first-order valence-electron chi connectivity index (χ1n) is 6.19. The number of aliphatic hydroxyl groups is 1. The third-order valence-corrected chi connectivity index (χ3v) is 3.01. The van der Waals surface area contributed by atoms with E-state index in [1.54, 1.807) is 0 Å². The maximum absolute atomic E-state index is 9.22. The molecule has 0 aromatic rings. The van der Waals surface area contributed by atoms with E-state index >= 15 is 0 Å². The van der Waals surface area contributed by atoms with E-state index in [9.17, 15) is 5.11 Å². The van der Waals surface area contributed by atoms with Gasteiger partial charge in [-0.25, -0.2) is 0 Å². The van der Waals surface area contributed by atoms with E-state index in [0.29, 0.717) is 6.04 Å². The molecule has 3 nitrogen and oxygen atoms in total. The van der Waals surface area contributed by atoms with Crippen LogP contribution in [0.25, 0.3) is 0 Å². The van der Waals surface area contributed by atoms with E-state index in [0.717, 1.165) is 26.1 Å². The van der Waals surface area contributed by atoms with Crippen LogP contribution < -0.4 is 5.32 Å². The molecule has 94 valence electrons. The summed E-state index contributed by atoms with van der Waals surface area (Å²) in [5.41, 5.74) is 1.35. The van der Waals surface area contributed by atoms with Crippen LogP contribution in [-0.2, 0) is 0 Å². The van der Waals surface area contributed by atoms with Crippen LogP contribution in [0, 0.1) is 0 Å². The molecular formula is C13H26N2O. The Morgan fingerprint density at radius 2 is 2.19 bits per heavy atom. The molecule has 2 N–H and O–H groups in total. The predicted octanol–water partition coefficient (Wildman–Crippen LogP) is 1.39. The Morgan fingerprint density at radius 1 is 1.50 bits per heavy atom. The van der Waals surface area contributed by atoms with Crippen molar-refractivity contribution in [3.05, 3.63) is 12.2 Å². The summed E-state index contributed by atoms with van der Waals surface area (Å²) in [6, 6.07) is 0.353. The van der Waals surface area contributed by atoms with Crippen molar-refractivity contribution in [2.45, 2.75) is 45.2 Å². The second-order valence-electron chi connectivity index (χ2n) is 5.80. The zero-order valence-corrected chi connectivity index (χ0v) is 10.9. The van der Waals surface area contributed by atoms with Crippen molar-refractivity contribution < 1.29 is 5.11 Å². The largest absolute Gasteiger partial charge is 0.395 e. The van der Waals surface area contributed by atoms with E-state index in [1.165, 1.54) is 12.0 Å². The first-order chi connectivity index (χ1) is 7.42. The molecule has 1 saturated heterocycles. The average Bonchev–Trinajstić information content (AvgIpc) is 2.61. The van der Waals surface area contributed by atoms with Gasteiger partial charge in [-0.1, -0.05) is 6.58 Å². The molecule has 0 aromatic heterocycles. The fraction of sp³-hybridized carbons (Fsp3) is 0.846. The van der Waals surface area contributed by atoms with E-state index in [1.807, 2.05) is 0 Å². The maximum Gasteiger partial charge on any atom is 0.0587 e. The molecule has 3 heteroatoms. The van der Waals surface area contributed by atoms with Gasteiger partial charge in [0.25, 0.3) is 0 Å². The Balaban J connectivity index is 2.28. The van der Waals surface area contributed by atoms with Gasteiger partial charge in [-0.3, -0.25) is 4.90 Å². The second kappa shape index (κ2) is 5.80. The topological polar surface area (TPSA) is 35.5 Å². The molecule has 1 rings (SSSR count). The van der Waals surface area contributed by atoms with Gasteiger partial charge in [0.05, 0.1) is 6.61 Å². The highest BCUT2D eigenvalue weighted by Gasteiger charge is 2.23. The van der Waals surface area contributed by atoms with Crippen molar-refractivity contribution in [1.29, 1.82) is 0 Å². The van der Waals surface area contributed by atoms with E-state index in [-0.39, 0.29) is 12.1 Å². The Kier molecular flexibility index (Phi) is 4.96. The number of nitrogens with zero attached hydrogens (tertiary/aromatic N) is 1. The van der Waals surface area contributed by atoms with E-state index in [2.05, 4.69) is 37.6 Å². The minimum absolute atomic E-state index is 0.143. The summed E-state index contributed by atoms with van der Waals surface area (Å²) >= 11 is 0. The zero-order chi connectivity index (χ0) is 12.2. The quantitative estimate of drug-likeness (QED) is 0.695. The summed E-state index contributed by atoms with van der Waals surface area (Å²) in [7, 11) is 0. The van der Waals surface area contributed by atoms with Gasteiger partial charge in [-0.2, -0.15) is 0 Å². The minimum atomic E-state index is 0.143. The molecule has 0 saturated carbocycles. The smallest absolute Gasteiger partial charge is 0.0587 e. The van der Waals surface area contributed by atoms with Crippen molar-refractivity contribution in [2.24, 2.45) is 0 Å². The SMILES string of the molecule is C=C(CNC(C)(C)C)CN1CCCC1CO. The Bertz CT molecular complexity index is 233. The standard InChI is InChI=1S/C13H26N2O/c1-11(8-14-13(2,3)4)9-15-7-5-6-12(15)10-16/h12,14,16H,1,5-10H2,2-4H3. The van der Waals surface area contributed by atoms with E-state index in [4.69, 9.17) is 0 Å². The van der Waals surface area contributed by atoms with Crippen LogP contribution in [0.4, 0.5) is 0 Å². The number of rotatable bonds is 5. The van der Waals surface area contributed by atoms with Gasteiger partial charge >= 0.3 is 0 Å². The number of nitrogens with one attached hydrogen (secondary N) is 1. The number of likely N-dealkylation sites (tertiary alicyclic amines) is 1. The maximum atomic E-state index is 9.22. The molecule has 1 aliphatic heterocycles. The highest BCUT2D eigenvalue weighted by Crippen LogP contribution is 2.17. The lowest BCUT2D eigenvalue weighted by atomic mass is 10.1. The predicted molar refractivity (Wildman–Crippen MR) is 68.6 cm³/mol. The third-order valence-electron chi connectivity index (χ3n) is 3.01. The van der Waals surface area contributed by atoms with Crippen LogP contribution >= 0.6 is 0 Å². The van der Waals surface area contributed by atoms with Crippen molar-refractivity contribution in [2.75, 3.05) is 26.2 Å². The molecule has 1 aliphatic rings. The molecule has 0 radical (unpaired) electrons. The molecule has 0 bridgehead atoms. The van der Waals surface area contributed by atoms with Crippen LogP contribution in [0.5, 0.6) is 0 Å². The highest BCUT2D eigenvalue weighted by atomic mass is 16.3. The first kappa shape index (κ1) is 13.7. The first-order valence-corrected chi connectivity index (χ1v) is 6.19. The Hall–Kier alpha value is -0.380. The summed E-state index contributed by atoms with van der Waals surface area (Å²) < 4.78 is 0. The van der Waals surface area contributed by atoms with Crippen molar-refractivity contribution in [3.8, 4) is 0 Å². The monoisotopic (exact) mass is 226 g/mol. The molecule has 0 aromatic carbocycles. The fourth-order valence-electron chi connectivity index (χ4n) is 2.04. The molecule has 1 heterocycles. The normalized spacial score (nSPS) is 22.6. The van der Waals surface area contributed by atoms with Gasteiger partial charge in [-0.05, 0) is 45.7 Å². The molecule has 16 heavy (non-hydrogen) atoms. The summed E-state index contributed by atoms with van der Waals surface area (Å²) in [4.78, 5) is 2.34. The summed E-state index contributed by atoms with van der Waals surface area (Å²) in [5, 5.41) is 12.7. The second-order valence-corrected chi connectivity index (χ2v) is 5.80. The lowest BCUT2D eigenvalue weighted by Crippen LogP contribution is -2.40. The van der Waals surface area contributed by atoms with E-state index < -0.39 is 0 Å². The van der Waals surface area contributed by atoms with Crippen LogP contribution in [0.15, 0.2) is 12.2 Å². The van der Waals surface area contributed by atoms with Gasteiger partial charge in [0.1, 0.15) is 0 Å². The molecule has 0 amide bonds. The zero-order valence-electron chi connectivity index (χ0n) is 10.9. The molecular weight excluding hydrogens is 200 g/mol. The Morgan fingerprint density at radius 3 is 2.75 bits per heavy atom. The number of aliphatic hydroxyl groups excluding tert-OH is 1. The highest BCUT2D eigenvalue weighted by molar-refractivity contribution is 5.02. The lowest BCUT2D eigenvalue weighted by Gasteiger charge is -2.26. The van der Waals surface area contributed by atoms with Gasteiger partial charge in [0, 0.05) is 24.7 Å². The number of hydrogen-bond acceptors (Lipinski definition) is 3. The molecule has 0 aliphatic carbocycles. The molecule has 1 atom stereocenters. The summed E-state index contributed by atoms with van der Waals surface area (Å²) in [6.07, 6.45) is 2.32. The van der Waals surface area contributed by atoms with Gasteiger partial charge in [0.15, 0.2) is 0 Å². The molecule has 0 spiro atoms. The van der Waals surface area contributed by atoms with Gasteiger partial charge in [0.2, 0.25) is 0 Å². The Labute approximate surface area is 99.5 Å². The van der Waals surface area contributed by atoms with Gasteiger partial charge in [-0.15, -0.1) is 0 Å². The number of hydrogen-bond donors (Lipinski definition) is 2. The average molecular weight is 226 g/mol. The fourth-order valence-corrected chi connectivity index (χ4v) is 2.04. The minimum Gasteiger partial charge on any atom is -0.395 e. The van der Waals surface area contributed by atoms with Crippen LogP contribution in [-0.4, -0.2) is 47.8 Å². The summed E-state index contributed by atoms with van der Waals surface area (Å²) in [5.74, 6) is 0. The molecule has 1 unspecified atom stereocenters. The lowest BCUT2D eigenvalue weighted by molar-refractivity contribution is 0.167. The van der Waals surface area contributed by atoms with Crippen molar-refractivity contribution in [3.63, 3.8) is 0 Å². The van der Waals surface area contributed by atoms with Crippen LogP contribution in [0.2, 0.25) is 0 Å². The summed E-state index contributed by atoms with van der Waals surface area (Å²) in [6.45, 7) is 13.7.